The fourth-order valence-corrected chi connectivity index (χ4v) is 13.5. The van der Waals surface area contributed by atoms with Crippen LogP contribution in [0.2, 0.25) is 0 Å². The zero-order valence-corrected chi connectivity index (χ0v) is 54.9. The molecule has 4 aliphatic heterocycles. The first-order valence-electron chi connectivity index (χ1n) is 32.7. The van der Waals surface area contributed by atoms with Gasteiger partial charge in [0.05, 0.1) is 41.2 Å². The Labute approximate surface area is 586 Å². The third-order valence-electron chi connectivity index (χ3n) is 18.6. The fourth-order valence-electron chi connectivity index (χ4n) is 13.5. The van der Waals surface area contributed by atoms with Crippen molar-refractivity contribution in [2.75, 3.05) is 91.6 Å². The smallest absolute Gasteiger partial charge is 0.277 e. The van der Waals surface area contributed by atoms with Crippen molar-refractivity contribution >= 4 is 137 Å². The molecule has 0 bridgehead atoms. The van der Waals surface area contributed by atoms with Crippen LogP contribution in [0.5, 0.6) is 0 Å². The van der Waals surface area contributed by atoms with Crippen molar-refractivity contribution in [1.29, 1.82) is 0 Å². The van der Waals surface area contributed by atoms with Crippen molar-refractivity contribution in [2.24, 2.45) is 0 Å². The van der Waals surface area contributed by atoms with E-state index in [1.807, 2.05) is 0 Å². The SMILES string of the molecule is O=C(CCN(CCC(=O)NCCN1C(=O)c2cccc3c([N+](=O)[O-])ccc(c23)C1=O)CCN(CCC(=O)NCCN1C(=O)c2cccc3c([N+](=O)[O-])ccc(c23)C1=O)CCC(=O)NCCN1C(=O)c2cccc3c([N+](=O)[O-])ccc(c23)C1=O)NCCN1C(=O)c2cccc3c([N+](=O)[O-])ccc(c23)C1=O. The summed E-state index contributed by atoms with van der Waals surface area (Å²) in [7, 11) is 0. The van der Waals surface area contributed by atoms with E-state index in [2.05, 4.69) is 21.3 Å². The molecule has 8 aromatic carbocycles. The van der Waals surface area contributed by atoms with E-state index >= 15 is 0 Å². The van der Waals surface area contributed by atoms with E-state index in [0.717, 1.165) is 19.6 Å². The summed E-state index contributed by atoms with van der Waals surface area (Å²) in [5, 5.41) is 59.0. The predicted molar refractivity (Wildman–Crippen MR) is 367 cm³/mol. The molecule has 0 saturated heterocycles. The summed E-state index contributed by atoms with van der Waals surface area (Å²) in [6, 6.07) is 27.0. The van der Waals surface area contributed by atoms with Crippen molar-refractivity contribution in [3.05, 3.63) is 206 Å². The molecule has 4 aliphatic rings. The second-order valence-electron chi connectivity index (χ2n) is 24.6. The molecular formula is C70H60N14O20. The standard InChI is InChI=1S/C70H60N14O20/c85-55(71-25-33-77-63(89)43-9-1-5-39-51(81(97)98)17-13-47(59(39)43)67(77)93)21-29-75(30-22-56(86)72-26-34-78-64(90)44-10-2-6-40-52(82(99)100)18-14-48(60(40)44)68(78)94)37-38-76(31-23-57(87)73-27-35-79-65(91)45-11-3-7-41-53(83(101)102)19-15-49(61(41)45)69(79)95)32-24-58(88)74-28-36-80-66(92)46-12-4-8-42-54(84(103)104)20-16-50(62(42)46)70(80)96/h1-20H,21-38H2,(H,71,85)(H,72,86)(H,73,87)(H,74,88). The summed E-state index contributed by atoms with van der Waals surface area (Å²) >= 11 is 0. The van der Waals surface area contributed by atoms with Crippen molar-refractivity contribution in [1.82, 2.24) is 50.7 Å². The van der Waals surface area contributed by atoms with Crippen LogP contribution < -0.4 is 21.3 Å². The quantitative estimate of drug-likeness (QED) is 0.0251. The molecule has 8 aromatic rings. The van der Waals surface area contributed by atoms with Gasteiger partial charge in [0, 0.05) is 208 Å². The highest BCUT2D eigenvalue weighted by atomic mass is 16.6. The first-order chi connectivity index (χ1) is 49.9. The Hall–Kier alpha value is -13.2. The third-order valence-corrected chi connectivity index (χ3v) is 18.6. The lowest BCUT2D eigenvalue weighted by atomic mass is 9.93. The highest BCUT2D eigenvalue weighted by Crippen LogP contribution is 2.40. The van der Waals surface area contributed by atoms with Gasteiger partial charge in [0.15, 0.2) is 0 Å². The molecule has 0 aliphatic carbocycles. The lowest BCUT2D eigenvalue weighted by molar-refractivity contribution is -0.383. The number of carbonyl (C=O) groups excluding carboxylic acids is 12. The minimum absolute atomic E-state index is 0.0445. The third kappa shape index (κ3) is 13.7. The fraction of sp³-hybridized carbons (Fsp3) is 0.257. The van der Waals surface area contributed by atoms with Crippen LogP contribution in [0.15, 0.2) is 121 Å². The summed E-state index contributed by atoms with van der Waals surface area (Å²) in [5.74, 6) is -8.13. The summed E-state index contributed by atoms with van der Waals surface area (Å²) in [4.78, 5) is 216. The second kappa shape index (κ2) is 29.5. The van der Waals surface area contributed by atoms with Gasteiger partial charge in [-0.05, 0) is 72.8 Å². The summed E-state index contributed by atoms with van der Waals surface area (Å²) < 4.78 is 0. The van der Waals surface area contributed by atoms with Crippen LogP contribution in [-0.4, -0.2) is 212 Å². The number of amides is 12. The molecule has 4 N–H and O–H groups in total. The Morgan fingerprint density at radius 2 is 0.481 bits per heavy atom. The van der Waals surface area contributed by atoms with E-state index < -0.39 is 90.6 Å². The minimum Gasteiger partial charge on any atom is -0.354 e. The van der Waals surface area contributed by atoms with Crippen LogP contribution in [0.4, 0.5) is 22.7 Å². The van der Waals surface area contributed by atoms with Crippen molar-refractivity contribution in [2.45, 2.75) is 25.7 Å². The largest absolute Gasteiger partial charge is 0.354 e. The lowest BCUT2D eigenvalue weighted by Crippen LogP contribution is -2.46. The van der Waals surface area contributed by atoms with Crippen molar-refractivity contribution < 1.29 is 77.2 Å². The number of nitro benzene ring substituents is 4. The van der Waals surface area contributed by atoms with Crippen molar-refractivity contribution in [3.63, 3.8) is 0 Å². The average Bonchev–Trinajstić information content (AvgIpc) is 0.762. The van der Waals surface area contributed by atoms with E-state index in [1.165, 1.54) is 121 Å². The average molecular weight is 1420 g/mol. The molecule has 34 nitrogen and oxygen atoms in total. The molecule has 12 rings (SSSR count). The number of nitro groups is 4. The number of benzene rings is 8. The molecule has 0 fully saturated rings. The first kappa shape index (κ1) is 70.6. The number of imide groups is 4. The highest BCUT2D eigenvalue weighted by molar-refractivity contribution is 6.29. The second-order valence-corrected chi connectivity index (χ2v) is 24.6. The maximum absolute atomic E-state index is 13.7. The van der Waals surface area contributed by atoms with Crippen LogP contribution in [0, 0.1) is 40.5 Å². The molecule has 34 heteroatoms. The molecule has 0 spiro atoms. The predicted octanol–water partition coefficient (Wildman–Crippen LogP) is 5.05. The zero-order valence-electron chi connectivity index (χ0n) is 54.9. The topological polar surface area (TPSA) is 445 Å². The molecule has 0 aromatic heterocycles. The molecule has 12 amide bonds. The minimum atomic E-state index is -0.737. The van der Waals surface area contributed by atoms with Gasteiger partial charge >= 0.3 is 0 Å². The number of nitrogens with zero attached hydrogens (tertiary/aromatic N) is 10. The van der Waals surface area contributed by atoms with Gasteiger partial charge in [-0.2, -0.15) is 0 Å². The van der Waals surface area contributed by atoms with Gasteiger partial charge in [-0.3, -0.25) is 118 Å². The summed E-state index contributed by atoms with van der Waals surface area (Å²) in [6.45, 7) is -2.13. The van der Waals surface area contributed by atoms with E-state index in [1.54, 1.807) is 9.80 Å². The van der Waals surface area contributed by atoms with Crippen LogP contribution >= 0.6 is 0 Å². The van der Waals surface area contributed by atoms with Gasteiger partial charge in [0.2, 0.25) is 23.6 Å². The number of non-ortho nitro benzene ring substituents is 4. The number of rotatable bonds is 31. The van der Waals surface area contributed by atoms with Gasteiger partial charge in [-0.1, -0.05) is 24.3 Å². The molecule has 0 saturated carbocycles. The Morgan fingerprint density at radius 1 is 0.288 bits per heavy atom. The number of carbonyl (C=O) groups is 12. The van der Waals surface area contributed by atoms with E-state index in [9.17, 15) is 98.0 Å². The van der Waals surface area contributed by atoms with Crippen LogP contribution in [0.1, 0.15) is 109 Å². The molecule has 0 radical (unpaired) electrons. The van der Waals surface area contributed by atoms with Gasteiger partial charge in [0.1, 0.15) is 0 Å². The molecule has 4 heterocycles. The molecule has 530 valence electrons. The van der Waals surface area contributed by atoms with Crippen LogP contribution in [0.3, 0.4) is 0 Å². The molecule has 0 unspecified atom stereocenters. The molecular weight excluding hydrogens is 1360 g/mol. The summed E-state index contributed by atoms with van der Waals surface area (Å²) in [6.07, 6.45) is -0.936. The monoisotopic (exact) mass is 1420 g/mol. The normalized spacial score (nSPS) is 13.8. The first-order valence-corrected chi connectivity index (χ1v) is 32.7. The summed E-state index contributed by atoms with van der Waals surface area (Å²) in [5.41, 5.74) is -0.788. The maximum Gasteiger partial charge on any atom is 0.277 e. The zero-order chi connectivity index (χ0) is 73.9. The van der Waals surface area contributed by atoms with Crippen molar-refractivity contribution in [3.8, 4) is 0 Å². The Bertz CT molecular complexity index is 4420. The van der Waals surface area contributed by atoms with Gasteiger partial charge in [0.25, 0.3) is 70.0 Å². The molecule has 0 atom stereocenters. The Kier molecular flexibility index (Phi) is 20.0. The number of nitrogens with one attached hydrogen (secondary N) is 4. The van der Waals surface area contributed by atoms with Crippen LogP contribution in [-0.2, 0) is 19.2 Å². The van der Waals surface area contributed by atoms with Gasteiger partial charge in [-0.15, -0.1) is 0 Å². The molecule has 104 heavy (non-hydrogen) atoms. The Balaban J connectivity index is 0.713. The van der Waals surface area contributed by atoms with E-state index in [0.29, 0.717) is 0 Å². The van der Waals surface area contributed by atoms with Crippen LogP contribution in [0.25, 0.3) is 43.1 Å². The lowest BCUT2D eigenvalue weighted by Gasteiger charge is -2.29. The van der Waals surface area contributed by atoms with Gasteiger partial charge < -0.3 is 31.1 Å². The van der Waals surface area contributed by atoms with E-state index in [-0.39, 0.29) is 228 Å². The van der Waals surface area contributed by atoms with E-state index in [4.69, 9.17) is 0 Å². The maximum atomic E-state index is 13.7. The van der Waals surface area contributed by atoms with Gasteiger partial charge in [-0.25, -0.2) is 0 Å². The number of hydrogen-bond donors (Lipinski definition) is 4. The Morgan fingerprint density at radius 3 is 0.673 bits per heavy atom. The number of hydrogen-bond acceptors (Lipinski definition) is 22. The highest BCUT2D eigenvalue weighted by Gasteiger charge is 2.39.